The van der Waals surface area contributed by atoms with E-state index in [1.807, 2.05) is 13.8 Å². The van der Waals surface area contributed by atoms with Gasteiger partial charge in [0, 0.05) is 44.5 Å². The number of carbonyl (C=O) groups is 3. The lowest BCUT2D eigenvalue weighted by Gasteiger charge is -2.43. The second kappa shape index (κ2) is 12.6. The largest absolute Gasteiger partial charge is 0.463 e. The van der Waals surface area contributed by atoms with Gasteiger partial charge in [0.2, 0.25) is 0 Å². The van der Waals surface area contributed by atoms with Crippen LogP contribution in [-0.4, -0.2) is 78.0 Å². The number of nitrogens with one attached hydrogen (secondary N) is 1. The summed E-state index contributed by atoms with van der Waals surface area (Å²) in [6.45, 7) is 7.93. The first-order chi connectivity index (χ1) is 18.7. The third-order valence-corrected chi connectivity index (χ3v) is 8.16. The van der Waals surface area contributed by atoms with E-state index in [0.29, 0.717) is 65.2 Å². The zero-order valence-corrected chi connectivity index (χ0v) is 24.3. The maximum absolute atomic E-state index is 13.4. The maximum atomic E-state index is 13.4. The van der Waals surface area contributed by atoms with Gasteiger partial charge in [0.1, 0.15) is 0 Å². The van der Waals surface area contributed by atoms with E-state index in [4.69, 9.17) is 39.5 Å². The van der Waals surface area contributed by atoms with E-state index in [9.17, 15) is 14.4 Å². The Morgan fingerprint density at radius 1 is 1.03 bits per heavy atom. The Hall–Kier alpha value is -2.78. The minimum absolute atomic E-state index is 0.123. The first-order valence-electron chi connectivity index (χ1n) is 12.9. The van der Waals surface area contributed by atoms with E-state index in [2.05, 4.69) is 10.2 Å². The first kappa shape index (κ1) is 29.2. The quantitative estimate of drug-likeness (QED) is 0.435. The molecule has 0 aliphatic carbocycles. The highest BCUT2D eigenvalue weighted by Crippen LogP contribution is 2.38. The number of carbonyl (C=O) groups excluding carboxylic acids is 3. The minimum atomic E-state index is -0.832. The number of amides is 3. The number of esters is 1. The van der Waals surface area contributed by atoms with Gasteiger partial charge in [0.15, 0.2) is 0 Å². The SMILES string of the molecule is CCOC(=O)C1=C(CN2CCN(C(=O)c3ccccc3Cl)C(C)C2)N(CC)C(=O)NC1c1cccc(Cl)c1Cl. The lowest BCUT2D eigenvalue weighted by atomic mass is 9.93. The average Bonchev–Trinajstić information content (AvgIpc) is 2.90. The van der Waals surface area contributed by atoms with Crippen LogP contribution < -0.4 is 5.32 Å². The van der Waals surface area contributed by atoms with Crippen molar-refractivity contribution in [2.45, 2.75) is 32.9 Å². The van der Waals surface area contributed by atoms with E-state index in [-0.39, 0.29) is 29.6 Å². The summed E-state index contributed by atoms with van der Waals surface area (Å²) < 4.78 is 5.45. The first-order valence-corrected chi connectivity index (χ1v) is 14.0. The van der Waals surface area contributed by atoms with Gasteiger partial charge >= 0.3 is 12.0 Å². The maximum Gasteiger partial charge on any atom is 0.338 e. The molecule has 2 aromatic carbocycles. The van der Waals surface area contributed by atoms with Crippen molar-refractivity contribution >= 4 is 52.7 Å². The second-order valence-electron chi connectivity index (χ2n) is 9.41. The molecule has 0 bridgehead atoms. The van der Waals surface area contributed by atoms with Crippen molar-refractivity contribution in [1.82, 2.24) is 20.0 Å². The fourth-order valence-electron chi connectivity index (χ4n) is 5.11. The molecule has 3 amide bonds. The molecule has 1 fully saturated rings. The van der Waals surface area contributed by atoms with Crippen LogP contribution in [0.2, 0.25) is 15.1 Å². The van der Waals surface area contributed by atoms with E-state index < -0.39 is 12.0 Å². The van der Waals surface area contributed by atoms with Gasteiger partial charge in [-0.25, -0.2) is 9.59 Å². The van der Waals surface area contributed by atoms with Crippen LogP contribution in [0.1, 0.15) is 42.7 Å². The Morgan fingerprint density at radius 3 is 2.41 bits per heavy atom. The molecule has 2 atom stereocenters. The molecule has 1 saturated heterocycles. The monoisotopic (exact) mass is 592 g/mol. The van der Waals surface area contributed by atoms with E-state index in [1.165, 1.54) is 0 Å². The normalized spacial score (nSPS) is 20.2. The molecule has 2 aromatic rings. The molecule has 39 heavy (non-hydrogen) atoms. The number of halogens is 3. The predicted octanol–water partition coefficient (Wildman–Crippen LogP) is 5.40. The Balaban J connectivity index is 1.66. The van der Waals surface area contributed by atoms with E-state index >= 15 is 0 Å². The Kier molecular flexibility index (Phi) is 9.43. The van der Waals surface area contributed by atoms with Gasteiger partial charge in [-0.1, -0.05) is 59.1 Å². The van der Waals surface area contributed by atoms with Crippen molar-refractivity contribution in [3.63, 3.8) is 0 Å². The molecule has 1 N–H and O–H groups in total. The summed E-state index contributed by atoms with van der Waals surface area (Å²) in [6.07, 6.45) is 0. The number of nitrogens with zero attached hydrogens (tertiary/aromatic N) is 3. The number of likely N-dealkylation sites (N-methyl/N-ethyl adjacent to an activating group) is 1. The molecule has 2 heterocycles. The fraction of sp³-hybridized carbons (Fsp3) is 0.393. The smallest absolute Gasteiger partial charge is 0.338 e. The number of piperazine rings is 1. The molecule has 0 saturated carbocycles. The average molecular weight is 594 g/mol. The molecule has 208 valence electrons. The van der Waals surface area contributed by atoms with Crippen molar-refractivity contribution in [1.29, 1.82) is 0 Å². The standard InChI is InChI=1S/C28H31Cl3N4O4/c1-4-34-22(16-33-13-14-35(17(3)15-33)26(36)18-9-6-7-11-20(18)29)23(27(37)39-5-2)25(32-28(34)38)19-10-8-12-21(30)24(19)31/h6-12,17,25H,4-5,13-16H2,1-3H3,(H,32,38). The Labute approximate surface area is 243 Å². The topological polar surface area (TPSA) is 82.2 Å². The summed E-state index contributed by atoms with van der Waals surface area (Å²) in [5, 5.41) is 3.91. The summed E-state index contributed by atoms with van der Waals surface area (Å²) in [7, 11) is 0. The van der Waals surface area contributed by atoms with Crippen molar-refractivity contribution in [3.8, 4) is 0 Å². The molecule has 2 aliphatic rings. The molecular formula is C28H31Cl3N4O4. The van der Waals surface area contributed by atoms with Gasteiger partial charge in [-0.3, -0.25) is 14.6 Å². The van der Waals surface area contributed by atoms with Crippen LogP contribution in [0.4, 0.5) is 4.79 Å². The van der Waals surface area contributed by atoms with Gasteiger partial charge in [-0.05, 0) is 44.5 Å². The van der Waals surface area contributed by atoms with E-state index in [1.54, 1.807) is 59.2 Å². The number of hydrogen-bond donors (Lipinski definition) is 1. The molecule has 11 heteroatoms. The summed E-state index contributed by atoms with van der Waals surface area (Å²) in [5.74, 6) is -0.658. The molecule has 2 aliphatic heterocycles. The number of ether oxygens (including phenoxy) is 1. The third-order valence-electron chi connectivity index (χ3n) is 6.99. The lowest BCUT2D eigenvalue weighted by Crippen LogP contribution is -2.56. The zero-order valence-electron chi connectivity index (χ0n) is 22.0. The van der Waals surface area contributed by atoms with Gasteiger partial charge in [0.05, 0.1) is 38.9 Å². The fourth-order valence-corrected chi connectivity index (χ4v) is 5.75. The lowest BCUT2D eigenvalue weighted by molar-refractivity contribution is -0.139. The number of rotatable bonds is 7. The van der Waals surface area contributed by atoms with Gasteiger partial charge in [-0.15, -0.1) is 0 Å². The zero-order chi connectivity index (χ0) is 28.3. The summed E-state index contributed by atoms with van der Waals surface area (Å²) in [4.78, 5) is 45.3. The van der Waals surface area contributed by atoms with Crippen LogP contribution in [0.25, 0.3) is 0 Å². The molecule has 4 rings (SSSR count). The van der Waals surface area contributed by atoms with Gasteiger partial charge in [0.25, 0.3) is 5.91 Å². The minimum Gasteiger partial charge on any atom is -0.463 e. The summed E-state index contributed by atoms with van der Waals surface area (Å²) in [5.41, 5.74) is 1.83. The number of benzene rings is 2. The van der Waals surface area contributed by atoms with Crippen LogP contribution in [0.5, 0.6) is 0 Å². The number of urea groups is 1. The predicted molar refractivity (Wildman–Crippen MR) is 152 cm³/mol. The second-order valence-corrected chi connectivity index (χ2v) is 10.6. The van der Waals surface area contributed by atoms with Crippen LogP contribution in [0.3, 0.4) is 0 Å². The third kappa shape index (κ3) is 6.04. The highest BCUT2D eigenvalue weighted by molar-refractivity contribution is 6.42. The Morgan fingerprint density at radius 2 is 1.74 bits per heavy atom. The van der Waals surface area contributed by atoms with Crippen molar-refractivity contribution < 1.29 is 19.1 Å². The van der Waals surface area contributed by atoms with Crippen LogP contribution >= 0.6 is 34.8 Å². The molecular weight excluding hydrogens is 563 g/mol. The Bertz CT molecular complexity index is 1300. The number of hydrogen-bond acceptors (Lipinski definition) is 5. The van der Waals surface area contributed by atoms with E-state index in [0.717, 1.165) is 0 Å². The summed E-state index contributed by atoms with van der Waals surface area (Å²) in [6, 6.07) is 10.8. The molecule has 2 unspecified atom stereocenters. The molecule has 0 aromatic heterocycles. The molecule has 0 radical (unpaired) electrons. The highest BCUT2D eigenvalue weighted by Gasteiger charge is 2.40. The van der Waals surface area contributed by atoms with Gasteiger partial charge < -0.3 is 15.0 Å². The highest BCUT2D eigenvalue weighted by atomic mass is 35.5. The molecule has 0 spiro atoms. The van der Waals surface area contributed by atoms with Crippen molar-refractivity contribution in [2.24, 2.45) is 0 Å². The van der Waals surface area contributed by atoms with Crippen LogP contribution in [0.15, 0.2) is 53.7 Å². The van der Waals surface area contributed by atoms with Crippen LogP contribution in [0, 0.1) is 0 Å². The van der Waals surface area contributed by atoms with Gasteiger partial charge in [-0.2, -0.15) is 0 Å². The summed E-state index contributed by atoms with van der Waals surface area (Å²) >= 11 is 19.1. The van der Waals surface area contributed by atoms with Crippen molar-refractivity contribution in [2.75, 3.05) is 39.3 Å². The van der Waals surface area contributed by atoms with Crippen molar-refractivity contribution in [3.05, 3.63) is 79.9 Å². The molecule has 8 nitrogen and oxygen atoms in total. The van der Waals surface area contributed by atoms with Crippen LogP contribution in [-0.2, 0) is 9.53 Å².